The highest BCUT2D eigenvalue weighted by atomic mass is 79.9. The number of hydrogen-bond donors (Lipinski definition) is 2. The highest BCUT2D eigenvalue weighted by molar-refractivity contribution is 9.10. The molecule has 7 heteroatoms. The van der Waals surface area contributed by atoms with Crippen molar-refractivity contribution in [3.05, 3.63) is 16.4 Å². The highest BCUT2D eigenvalue weighted by Crippen LogP contribution is 2.12. The van der Waals surface area contributed by atoms with Gasteiger partial charge >= 0.3 is 6.09 Å². The molecule has 0 saturated heterocycles. The molecular weight excluding hydrogens is 326 g/mol. The number of carbonyl (C=O) groups excluding carboxylic acids is 1. The molecule has 1 rings (SSSR count). The molecule has 0 radical (unpaired) electrons. The standard InChI is InChI=1S/C13H22BrN3O3/c1-5-9(15-12(19)20-13(2,3)4)7-17-10(8-18)6-11(14)16-17/h6,9,18H,5,7-8H2,1-4H3,(H,15,19). The number of halogens is 1. The summed E-state index contributed by atoms with van der Waals surface area (Å²) in [4.78, 5) is 11.8. The monoisotopic (exact) mass is 347 g/mol. The molecule has 0 aliphatic rings. The van der Waals surface area contributed by atoms with Crippen molar-refractivity contribution in [1.29, 1.82) is 0 Å². The summed E-state index contributed by atoms with van der Waals surface area (Å²) >= 11 is 3.27. The Hall–Kier alpha value is -1.08. The van der Waals surface area contributed by atoms with E-state index in [9.17, 15) is 9.90 Å². The van der Waals surface area contributed by atoms with Gasteiger partial charge < -0.3 is 15.2 Å². The van der Waals surface area contributed by atoms with Crippen LogP contribution in [0.15, 0.2) is 10.7 Å². The van der Waals surface area contributed by atoms with Crippen molar-refractivity contribution in [1.82, 2.24) is 15.1 Å². The second-order valence-electron chi connectivity index (χ2n) is 5.55. The van der Waals surface area contributed by atoms with Gasteiger partial charge in [-0.3, -0.25) is 4.68 Å². The van der Waals surface area contributed by atoms with Gasteiger partial charge in [-0.15, -0.1) is 0 Å². The Morgan fingerprint density at radius 3 is 2.75 bits per heavy atom. The Bertz CT molecular complexity index is 454. The van der Waals surface area contributed by atoms with Crippen molar-refractivity contribution < 1.29 is 14.6 Å². The van der Waals surface area contributed by atoms with Crippen LogP contribution < -0.4 is 5.32 Å². The molecule has 20 heavy (non-hydrogen) atoms. The van der Waals surface area contributed by atoms with Crippen LogP contribution in [0.1, 0.15) is 39.8 Å². The number of amides is 1. The first-order valence-corrected chi connectivity index (χ1v) is 7.37. The Kier molecular flexibility index (Phi) is 6.01. The van der Waals surface area contributed by atoms with Gasteiger partial charge in [-0.1, -0.05) is 6.92 Å². The van der Waals surface area contributed by atoms with Crippen LogP contribution in [0.5, 0.6) is 0 Å². The smallest absolute Gasteiger partial charge is 0.407 e. The van der Waals surface area contributed by atoms with E-state index in [1.807, 2.05) is 27.7 Å². The fourth-order valence-electron chi connectivity index (χ4n) is 1.67. The van der Waals surface area contributed by atoms with Crippen molar-refractivity contribution in [2.24, 2.45) is 0 Å². The van der Waals surface area contributed by atoms with Crippen molar-refractivity contribution in [3.63, 3.8) is 0 Å². The van der Waals surface area contributed by atoms with Crippen molar-refractivity contribution >= 4 is 22.0 Å². The SMILES string of the molecule is CCC(Cn1nc(Br)cc1CO)NC(=O)OC(C)(C)C. The number of ether oxygens (including phenoxy) is 1. The molecule has 0 spiro atoms. The molecule has 6 nitrogen and oxygen atoms in total. The summed E-state index contributed by atoms with van der Waals surface area (Å²) in [7, 11) is 0. The fourth-order valence-corrected chi connectivity index (χ4v) is 2.12. The van der Waals surface area contributed by atoms with E-state index in [1.54, 1.807) is 10.7 Å². The van der Waals surface area contributed by atoms with Gasteiger partial charge in [-0.05, 0) is 49.2 Å². The number of nitrogens with one attached hydrogen (secondary N) is 1. The molecule has 0 aliphatic heterocycles. The maximum atomic E-state index is 11.8. The van der Waals surface area contributed by atoms with E-state index in [1.165, 1.54) is 0 Å². The first-order valence-electron chi connectivity index (χ1n) is 6.57. The van der Waals surface area contributed by atoms with Gasteiger partial charge in [-0.2, -0.15) is 5.10 Å². The summed E-state index contributed by atoms with van der Waals surface area (Å²) in [5.41, 5.74) is 0.175. The maximum Gasteiger partial charge on any atom is 0.407 e. The lowest BCUT2D eigenvalue weighted by molar-refractivity contribution is 0.0496. The van der Waals surface area contributed by atoms with Crippen molar-refractivity contribution in [2.45, 2.75) is 58.9 Å². The molecule has 0 aliphatic carbocycles. The van der Waals surface area contributed by atoms with Crippen LogP contribution in [0.3, 0.4) is 0 Å². The van der Waals surface area contributed by atoms with Gasteiger partial charge in [0.1, 0.15) is 10.2 Å². The largest absolute Gasteiger partial charge is 0.444 e. The first kappa shape index (κ1) is 17.0. The highest BCUT2D eigenvalue weighted by Gasteiger charge is 2.19. The lowest BCUT2D eigenvalue weighted by Gasteiger charge is -2.23. The minimum absolute atomic E-state index is 0.0958. The van der Waals surface area contributed by atoms with Crippen LogP contribution >= 0.6 is 15.9 Å². The molecule has 114 valence electrons. The van der Waals surface area contributed by atoms with E-state index in [4.69, 9.17) is 4.74 Å². The minimum Gasteiger partial charge on any atom is -0.444 e. The number of aliphatic hydroxyl groups is 1. The summed E-state index contributed by atoms with van der Waals surface area (Å²) in [6, 6.07) is 1.64. The van der Waals surface area contributed by atoms with Crippen LogP contribution in [0, 0.1) is 0 Å². The van der Waals surface area contributed by atoms with Gasteiger partial charge in [-0.25, -0.2) is 4.79 Å². The molecular formula is C13H22BrN3O3. The average Bonchev–Trinajstić information content (AvgIpc) is 2.66. The molecule has 0 fully saturated rings. The van der Waals surface area contributed by atoms with E-state index in [0.717, 1.165) is 6.42 Å². The molecule has 1 aromatic rings. The molecule has 1 aromatic heterocycles. The number of aromatic nitrogens is 2. The van der Waals surface area contributed by atoms with Gasteiger partial charge in [0.15, 0.2) is 0 Å². The van der Waals surface area contributed by atoms with Crippen LogP contribution in [-0.4, -0.2) is 32.6 Å². The number of rotatable bonds is 5. The van der Waals surface area contributed by atoms with Crippen LogP contribution in [0.4, 0.5) is 4.79 Å². The third-order valence-corrected chi connectivity index (χ3v) is 2.99. The zero-order chi connectivity index (χ0) is 15.3. The minimum atomic E-state index is -0.520. The Labute approximate surface area is 127 Å². The summed E-state index contributed by atoms with van der Waals surface area (Å²) in [5, 5.41) is 16.3. The van der Waals surface area contributed by atoms with E-state index in [2.05, 4.69) is 26.3 Å². The Balaban J connectivity index is 2.65. The quantitative estimate of drug-likeness (QED) is 0.857. The Morgan fingerprint density at radius 1 is 1.60 bits per heavy atom. The van der Waals surface area contributed by atoms with Crippen molar-refractivity contribution in [2.75, 3.05) is 0 Å². The van der Waals surface area contributed by atoms with Gasteiger partial charge in [0.25, 0.3) is 0 Å². The number of hydrogen-bond acceptors (Lipinski definition) is 4. The van der Waals surface area contributed by atoms with Crippen LogP contribution in [0.2, 0.25) is 0 Å². The molecule has 1 amide bonds. The molecule has 0 saturated carbocycles. The molecule has 1 unspecified atom stereocenters. The summed E-state index contributed by atoms with van der Waals surface area (Å²) in [5.74, 6) is 0. The molecule has 1 atom stereocenters. The summed E-state index contributed by atoms with van der Waals surface area (Å²) in [6.45, 7) is 7.82. The second-order valence-corrected chi connectivity index (χ2v) is 6.36. The lowest BCUT2D eigenvalue weighted by atomic mass is 10.2. The average molecular weight is 348 g/mol. The van der Waals surface area contributed by atoms with E-state index in [0.29, 0.717) is 16.8 Å². The third-order valence-electron chi connectivity index (χ3n) is 2.60. The fraction of sp³-hybridized carbons (Fsp3) is 0.692. The van der Waals surface area contributed by atoms with Crippen LogP contribution in [-0.2, 0) is 17.9 Å². The molecule has 0 bridgehead atoms. The third kappa shape index (κ3) is 5.50. The predicted molar refractivity (Wildman–Crippen MR) is 79.3 cm³/mol. The second kappa shape index (κ2) is 7.08. The molecule has 1 heterocycles. The zero-order valence-electron chi connectivity index (χ0n) is 12.3. The van der Waals surface area contributed by atoms with Gasteiger partial charge in [0.2, 0.25) is 0 Å². The van der Waals surface area contributed by atoms with E-state index >= 15 is 0 Å². The number of aliphatic hydroxyl groups excluding tert-OH is 1. The molecule has 0 aromatic carbocycles. The number of nitrogens with zero attached hydrogens (tertiary/aromatic N) is 2. The Morgan fingerprint density at radius 2 is 2.25 bits per heavy atom. The lowest BCUT2D eigenvalue weighted by Crippen LogP contribution is -2.41. The normalized spacial score (nSPS) is 13.1. The van der Waals surface area contributed by atoms with Crippen LogP contribution in [0.25, 0.3) is 0 Å². The van der Waals surface area contributed by atoms with Gasteiger partial charge in [0, 0.05) is 0 Å². The maximum absolute atomic E-state index is 11.8. The van der Waals surface area contributed by atoms with Crippen molar-refractivity contribution in [3.8, 4) is 0 Å². The van der Waals surface area contributed by atoms with Gasteiger partial charge in [0.05, 0.1) is 24.9 Å². The van der Waals surface area contributed by atoms with E-state index < -0.39 is 11.7 Å². The number of alkyl carbamates (subject to hydrolysis) is 1. The summed E-state index contributed by atoms with van der Waals surface area (Å²) < 4.78 is 7.57. The summed E-state index contributed by atoms with van der Waals surface area (Å²) in [6.07, 6.45) is 0.294. The topological polar surface area (TPSA) is 76.4 Å². The van der Waals surface area contributed by atoms with E-state index in [-0.39, 0.29) is 12.6 Å². The number of carbonyl (C=O) groups is 1. The predicted octanol–water partition coefficient (Wildman–Crippen LogP) is 2.44. The first-order chi connectivity index (χ1) is 9.25. The molecule has 2 N–H and O–H groups in total. The zero-order valence-corrected chi connectivity index (χ0v) is 13.9.